The fourth-order valence-corrected chi connectivity index (χ4v) is 2.52. The molecule has 1 heterocycles. The predicted molar refractivity (Wildman–Crippen MR) is 69.1 cm³/mol. The van der Waals surface area contributed by atoms with Crippen molar-refractivity contribution >= 4 is 11.9 Å². The lowest BCUT2D eigenvalue weighted by Gasteiger charge is -2.15. The normalized spacial score (nSPS) is 22.3. The van der Waals surface area contributed by atoms with Crippen molar-refractivity contribution in [2.45, 2.75) is 12.8 Å². The minimum Gasteiger partial charge on any atom is -0.497 e. The van der Waals surface area contributed by atoms with Crippen LogP contribution < -0.4 is 4.74 Å². The summed E-state index contributed by atoms with van der Waals surface area (Å²) in [7, 11) is 1.57. The summed E-state index contributed by atoms with van der Waals surface area (Å²) in [6, 6.07) is 7.37. The molecule has 1 aromatic rings. The number of ether oxygens (including phenoxy) is 1. The number of hydrogen-bond donors (Lipinski definition) is 1. The molecule has 102 valence electrons. The Morgan fingerprint density at radius 1 is 1.37 bits per heavy atom. The van der Waals surface area contributed by atoms with Crippen molar-refractivity contribution in [3.05, 3.63) is 29.8 Å². The van der Waals surface area contributed by atoms with Crippen molar-refractivity contribution in [3.8, 4) is 5.75 Å². The molecule has 19 heavy (non-hydrogen) atoms. The van der Waals surface area contributed by atoms with Crippen LogP contribution in [-0.4, -0.2) is 42.1 Å². The van der Waals surface area contributed by atoms with Gasteiger partial charge in [0.1, 0.15) is 5.75 Å². The Kier molecular flexibility index (Phi) is 3.74. The van der Waals surface area contributed by atoms with Crippen molar-refractivity contribution in [2.24, 2.45) is 5.92 Å². The van der Waals surface area contributed by atoms with Crippen LogP contribution in [0.1, 0.15) is 18.4 Å². The molecule has 1 saturated heterocycles. The molecule has 0 aromatic heterocycles. The number of likely N-dealkylation sites (tertiary alicyclic amines) is 1. The van der Waals surface area contributed by atoms with Gasteiger partial charge in [0.05, 0.1) is 13.0 Å². The monoisotopic (exact) mass is 263 g/mol. The first-order chi connectivity index (χ1) is 9.02. The molecule has 1 N–H and O–H groups in total. The molecule has 0 saturated carbocycles. The number of carboxylic acid groups (broad SMARTS) is 1. The molecule has 1 aliphatic heterocycles. The van der Waals surface area contributed by atoms with E-state index in [1.807, 2.05) is 24.3 Å². The van der Waals surface area contributed by atoms with E-state index in [0.717, 1.165) is 5.56 Å². The van der Waals surface area contributed by atoms with Gasteiger partial charge in [-0.15, -0.1) is 0 Å². The standard InChI is InChI=1S/C14H17NO4/c1-9(16)15-7-12(13(8-15)14(17)18)10-4-3-5-11(6-10)19-2/h3-6,12-13H,7-8H2,1-2H3,(H,17,18)/t12-,13+/m0/s1. The zero-order valence-electron chi connectivity index (χ0n) is 11.0. The average molecular weight is 263 g/mol. The predicted octanol–water partition coefficient (Wildman–Crippen LogP) is 1.34. The number of aliphatic carboxylic acids is 1. The highest BCUT2D eigenvalue weighted by Crippen LogP contribution is 2.34. The number of carboxylic acids is 1. The Bertz CT molecular complexity index is 500. The van der Waals surface area contributed by atoms with Gasteiger partial charge in [0.25, 0.3) is 0 Å². The molecule has 5 nitrogen and oxygen atoms in total. The Hall–Kier alpha value is -2.04. The fourth-order valence-electron chi connectivity index (χ4n) is 2.52. The van der Waals surface area contributed by atoms with Gasteiger partial charge in [0, 0.05) is 25.9 Å². The van der Waals surface area contributed by atoms with E-state index in [-0.39, 0.29) is 18.4 Å². The van der Waals surface area contributed by atoms with Crippen molar-refractivity contribution < 1.29 is 19.4 Å². The SMILES string of the molecule is COc1cccc([C@@H]2CN(C(C)=O)C[C@H]2C(=O)O)c1. The lowest BCUT2D eigenvalue weighted by molar-refractivity contribution is -0.141. The first-order valence-electron chi connectivity index (χ1n) is 6.15. The molecular formula is C14H17NO4. The van der Waals surface area contributed by atoms with E-state index < -0.39 is 11.9 Å². The Balaban J connectivity index is 2.29. The molecule has 1 aliphatic rings. The number of benzene rings is 1. The highest BCUT2D eigenvalue weighted by Gasteiger charge is 2.39. The summed E-state index contributed by atoms with van der Waals surface area (Å²) < 4.78 is 5.16. The molecular weight excluding hydrogens is 246 g/mol. The molecule has 5 heteroatoms. The second-order valence-corrected chi connectivity index (χ2v) is 4.75. The van der Waals surface area contributed by atoms with E-state index in [9.17, 15) is 14.7 Å². The number of methoxy groups -OCH3 is 1. The third kappa shape index (κ3) is 2.70. The zero-order valence-corrected chi connectivity index (χ0v) is 11.0. The second-order valence-electron chi connectivity index (χ2n) is 4.75. The number of amides is 1. The highest BCUT2D eigenvalue weighted by molar-refractivity contribution is 5.78. The van der Waals surface area contributed by atoms with Crippen LogP contribution in [0.5, 0.6) is 5.75 Å². The Labute approximate surface area is 111 Å². The third-order valence-electron chi connectivity index (χ3n) is 3.60. The van der Waals surface area contributed by atoms with Crippen molar-refractivity contribution in [2.75, 3.05) is 20.2 Å². The van der Waals surface area contributed by atoms with Gasteiger partial charge < -0.3 is 14.7 Å². The third-order valence-corrected chi connectivity index (χ3v) is 3.60. The molecule has 1 amide bonds. The summed E-state index contributed by atoms with van der Waals surface area (Å²) in [6.45, 7) is 2.18. The zero-order chi connectivity index (χ0) is 14.0. The number of hydrogen-bond acceptors (Lipinski definition) is 3. The quantitative estimate of drug-likeness (QED) is 0.893. The molecule has 1 fully saturated rings. The molecule has 1 aromatic carbocycles. The number of nitrogens with zero attached hydrogens (tertiary/aromatic N) is 1. The first-order valence-corrected chi connectivity index (χ1v) is 6.15. The summed E-state index contributed by atoms with van der Waals surface area (Å²) >= 11 is 0. The van der Waals surface area contributed by atoms with Gasteiger partial charge >= 0.3 is 5.97 Å². The van der Waals surface area contributed by atoms with Crippen LogP contribution in [-0.2, 0) is 9.59 Å². The van der Waals surface area contributed by atoms with Crippen molar-refractivity contribution in [3.63, 3.8) is 0 Å². The van der Waals surface area contributed by atoms with Crippen LogP contribution in [0.4, 0.5) is 0 Å². The molecule has 0 bridgehead atoms. The van der Waals surface area contributed by atoms with Gasteiger partial charge in [0.2, 0.25) is 5.91 Å². The highest BCUT2D eigenvalue weighted by atomic mass is 16.5. The van der Waals surface area contributed by atoms with Gasteiger partial charge in [-0.05, 0) is 17.7 Å². The molecule has 2 atom stereocenters. The summed E-state index contributed by atoms with van der Waals surface area (Å²) in [5.74, 6) is -0.997. The number of carbonyl (C=O) groups excluding carboxylic acids is 1. The lowest BCUT2D eigenvalue weighted by atomic mass is 9.89. The molecule has 0 radical (unpaired) electrons. The van der Waals surface area contributed by atoms with Crippen molar-refractivity contribution in [1.82, 2.24) is 4.90 Å². The average Bonchev–Trinajstić information content (AvgIpc) is 2.84. The number of carbonyl (C=O) groups is 2. The summed E-state index contributed by atoms with van der Waals surface area (Å²) in [5.41, 5.74) is 0.899. The van der Waals surface area contributed by atoms with E-state index in [1.165, 1.54) is 6.92 Å². The second kappa shape index (κ2) is 5.30. The first kappa shape index (κ1) is 13.4. The van der Waals surface area contributed by atoms with Crippen LogP contribution in [0, 0.1) is 5.92 Å². The van der Waals surface area contributed by atoms with Gasteiger partial charge in [-0.25, -0.2) is 0 Å². The van der Waals surface area contributed by atoms with E-state index >= 15 is 0 Å². The maximum absolute atomic E-state index is 11.4. The van der Waals surface area contributed by atoms with E-state index in [1.54, 1.807) is 12.0 Å². The van der Waals surface area contributed by atoms with E-state index in [0.29, 0.717) is 12.3 Å². The van der Waals surface area contributed by atoms with Crippen LogP contribution in [0.15, 0.2) is 24.3 Å². The lowest BCUT2D eigenvalue weighted by Crippen LogP contribution is -2.27. The van der Waals surface area contributed by atoms with Crippen LogP contribution in [0.2, 0.25) is 0 Å². The van der Waals surface area contributed by atoms with Gasteiger partial charge in [-0.3, -0.25) is 9.59 Å². The van der Waals surface area contributed by atoms with Gasteiger partial charge in [0.15, 0.2) is 0 Å². The van der Waals surface area contributed by atoms with Crippen molar-refractivity contribution in [1.29, 1.82) is 0 Å². The topological polar surface area (TPSA) is 66.8 Å². The van der Waals surface area contributed by atoms with E-state index in [4.69, 9.17) is 4.74 Å². The van der Waals surface area contributed by atoms with Crippen LogP contribution >= 0.6 is 0 Å². The van der Waals surface area contributed by atoms with Crippen LogP contribution in [0.25, 0.3) is 0 Å². The fraction of sp³-hybridized carbons (Fsp3) is 0.429. The molecule has 2 rings (SSSR count). The largest absolute Gasteiger partial charge is 0.497 e. The molecule has 0 unspecified atom stereocenters. The number of rotatable bonds is 3. The smallest absolute Gasteiger partial charge is 0.308 e. The minimum atomic E-state index is -0.864. The van der Waals surface area contributed by atoms with Gasteiger partial charge in [-0.2, -0.15) is 0 Å². The summed E-state index contributed by atoms with van der Waals surface area (Å²) in [6.07, 6.45) is 0. The maximum Gasteiger partial charge on any atom is 0.308 e. The summed E-state index contributed by atoms with van der Waals surface area (Å²) in [4.78, 5) is 24.3. The van der Waals surface area contributed by atoms with Crippen LogP contribution in [0.3, 0.4) is 0 Å². The minimum absolute atomic E-state index is 0.0864. The summed E-state index contributed by atoms with van der Waals surface area (Å²) in [5, 5.41) is 9.30. The Morgan fingerprint density at radius 3 is 2.68 bits per heavy atom. The maximum atomic E-state index is 11.4. The molecule has 0 spiro atoms. The molecule has 0 aliphatic carbocycles. The Morgan fingerprint density at radius 2 is 2.11 bits per heavy atom. The van der Waals surface area contributed by atoms with E-state index in [2.05, 4.69) is 0 Å². The van der Waals surface area contributed by atoms with Gasteiger partial charge in [-0.1, -0.05) is 12.1 Å².